The van der Waals surface area contributed by atoms with Crippen LogP contribution in [0.3, 0.4) is 0 Å². The number of aromatic nitrogens is 2. The van der Waals surface area contributed by atoms with Gasteiger partial charge in [0.2, 0.25) is 5.91 Å². The fourth-order valence-electron chi connectivity index (χ4n) is 4.04. The molecule has 1 aromatic carbocycles. The third kappa shape index (κ3) is 4.22. The Kier molecular flexibility index (Phi) is 5.83. The van der Waals surface area contributed by atoms with Crippen molar-refractivity contribution < 1.29 is 14.3 Å². The highest BCUT2D eigenvalue weighted by molar-refractivity contribution is 5.78. The van der Waals surface area contributed by atoms with Gasteiger partial charge in [0.05, 0.1) is 12.2 Å². The van der Waals surface area contributed by atoms with Gasteiger partial charge in [-0.2, -0.15) is 0 Å². The highest BCUT2D eigenvalue weighted by atomic mass is 16.5. The zero-order valence-electron chi connectivity index (χ0n) is 17.4. The summed E-state index contributed by atoms with van der Waals surface area (Å²) in [7, 11) is 1.84. The highest BCUT2D eigenvalue weighted by Crippen LogP contribution is 2.30. The van der Waals surface area contributed by atoms with E-state index in [9.17, 15) is 9.59 Å². The van der Waals surface area contributed by atoms with E-state index in [2.05, 4.69) is 5.32 Å². The number of likely N-dealkylation sites (tertiary alicyclic amines) is 1. The molecular weight excluding hydrogens is 382 g/mol. The van der Waals surface area contributed by atoms with Gasteiger partial charge in [0.15, 0.2) is 6.61 Å². The molecule has 8 nitrogen and oxygen atoms in total. The summed E-state index contributed by atoms with van der Waals surface area (Å²) in [5.41, 5.74) is 1.99. The van der Waals surface area contributed by atoms with E-state index in [0.29, 0.717) is 31.9 Å². The zero-order valence-corrected chi connectivity index (χ0v) is 17.4. The molecule has 0 aliphatic carbocycles. The third-order valence-electron chi connectivity index (χ3n) is 5.77. The van der Waals surface area contributed by atoms with Gasteiger partial charge in [-0.1, -0.05) is 18.2 Å². The lowest BCUT2D eigenvalue weighted by Crippen LogP contribution is -2.36. The van der Waals surface area contributed by atoms with Gasteiger partial charge in [-0.25, -0.2) is 9.97 Å². The Morgan fingerprint density at radius 3 is 2.70 bits per heavy atom. The molecule has 30 heavy (non-hydrogen) atoms. The number of nitrogens with zero attached hydrogens (tertiary/aromatic N) is 4. The minimum Gasteiger partial charge on any atom is -0.484 e. The Hall–Kier alpha value is -3.16. The molecule has 2 aliphatic heterocycles. The Morgan fingerprint density at radius 1 is 1.17 bits per heavy atom. The number of hydrogen-bond donors (Lipinski definition) is 1. The van der Waals surface area contributed by atoms with Crippen LogP contribution in [0.25, 0.3) is 0 Å². The molecule has 1 saturated heterocycles. The van der Waals surface area contributed by atoms with Crippen molar-refractivity contribution in [3.63, 3.8) is 0 Å². The predicted octanol–water partition coefficient (Wildman–Crippen LogP) is 1.82. The molecule has 0 spiro atoms. The normalized spacial score (nSPS) is 18.1. The number of amides is 2. The van der Waals surface area contributed by atoms with Crippen LogP contribution in [-0.4, -0.2) is 64.9 Å². The fraction of sp³-hybridized carbons (Fsp3) is 0.455. The summed E-state index contributed by atoms with van der Waals surface area (Å²) in [6, 6.07) is 9.36. The first kappa shape index (κ1) is 20.1. The maximum absolute atomic E-state index is 12.6. The number of benzene rings is 1. The molecule has 1 aromatic heterocycles. The molecule has 0 saturated carbocycles. The van der Waals surface area contributed by atoms with Crippen molar-refractivity contribution in [2.45, 2.75) is 32.2 Å². The van der Waals surface area contributed by atoms with Gasteiger partial charge in [-0.15, -0.1) is 0 Å². The molecule has 8 heteroatoms. The van der Waals surface area contributed by atoms with Gasteiger partial charge in [0.25, 0.3) is 5.91 Å². The Labute approximate surface area is 176 Å². The molecule has 1 unspecified atom stereocenters. The molecule has 1 fully saturated rings. The SMILES string of the molecule is CNc1nc(C2CCN(C(=O)COc3ccccc3)C2)nc2c1CN(C(C)=O)CC2. The number of rotatable bonds is 5. The molecule has 2 aromatic rings. The first-order valence-electron chi connectivity index (χ1n) is 10.3. The Bertz CT molecular complexity index is 917. The third-order valence-corrected chi connectivity index (χ3v) is 5.77. The number of nitrogens with one attached hydrogen (secondary N) is 1. The van der Waals surface area contributed by atoms with Crippen LogP contribution in [0.5, 0.6) is 5.75 Å². The lowest BCUT2D eigenvalue weighted by molar-refractivity contribution is -0.132. The largest absolute Gasteiger partial charge is 0.484 e. The van der Waals surface area contributed by atoms with Crippen LogP contribution >= 0.6 is 0 Å². The van der Waals surface area contributed by atoms with Crippen LogP contribution in [0.1, 0.15) is 36.3 Å². The van der Waals surface area contributed by atoms with E-state index in [1.807, 2.05) is 47.2 Å². The van der Waals surface area contributed by atoms with Crippen LogP contribution in [-0.2, 0) is 22.6 Å². The highest BCUT2D eigenvalue weighted by Gasteiger charge is 2.31. The maximum atomic E-state index is 12.6. The summed E-state index contributed by atoms with van der Waals surface area (Å²) in [5, 5.41) is 3.16. The van der Waals surface area contributed by atoms with Crippen LogP contribution < -0.4 is 10.1 Å². The van der Waals surface area contributed by atoms with Gasteiger partial charge >= 0.3 is 0 Å². The number of fused-ring (bicyclic) bond motifs is 1. The summed E-state index contributed by atoms with van der Waals surface area (Å²) >= 11 is 0. The smallest absolute Gasteiger partial charge is 0.260 e. The first-order valence-corrected chi connectivity index (χ1v) is 10.3. The van der Waals surface area contributed by atoms with Crippen molar-refractivity contribution in [1.29, 1.82) is 0 Å². The Balaban J connectivity index is 1.42. The van der Waals surface area contributed by atoms with E-state index >= 15 is 0 Å². The molecule has 158 valence electrons. The second kappa shape index (κ2) is 8.69. The molecule has 2 aliphatic rings. The van der Waals surface area contributed by atoms with Crippen LogP contribution in [0.4, 0.5) is 5.82 Å². The second-order valence-electron chi connectivity index (χ2n) is 7.72. The van der Waals surface area contributed by atoms with Crippen molar-refractivity contribution in [2.24, 2.45) is 0 Å². The number of ether oxygens (including phenoxy) is 1. The number of anilines is 1. The number of carbonyl (C=O) groups excluding carboxylic acids is 2. The zero-order chi connectivity index (χ0) is 21.1. The molecule has 0 radical (unpaired) electrons. The van der Waals surface area contributed by atoms with E-state index in [4.69, 9.17) is 14.7 Å². The lowest BCUT2D eigenvalue weighted by atomic mass is 10.0. The van der Waals surface area contributed by atoms with Crippen molar-refractivity contribution in [3.05, 3.63) is 47.4 Å². The molecule has 2 amide bonds. The number of carbonyl (C=O) groups is 2. The van der Waals surface area contributed by atoms with Gasteiger partial charge in [0.1, 0.15) is 17.4 Å². The van der Waals surface area contributed by atoms with Crippen molar-refractivity contribution >= 4 is 17.6 Å². The summed E-state index contributed by atoms with van der Waals surface area (Å²) in [6.45, 7) is 4.10. The topological polar surface area (TPSA) is 87.7 Å². The fourth-order valence-corrected chi connectivity index (χ4v) is 4.04. The van der Waals surface area contributed by atoms with Gasteiger partial charge < -0.3 is 19.9 Å². The summed E-state index contributed by atoms with van der Waals surface area (Å²) in [6.07, 6.45) is 1.55. The van der Waals surface area contributed by atoms with Gasteiger partial charge in [-0.3, -0.25) is 9.59 Å². The summed E-state index contributed by atoms with van der Waals surface area (Å²) in [5.74, 6) is 2.39. The monoisotopic (exact) mass is 409 g/mol. The Morgan fingerprint density at radius 2 is 1.97 bits per heavy atom. The molecule has 0 bridgehead atoms. The molecule has 1 N–H and O–H groups in total. The predicted molar refractivity (Wildman–Crippen MR) is 112 cm³/mol. The van der Waals surface area contributed by atoms with E-state index in [-0.39, 0.29) is 24.3 Å². The maximum Gasteiger partial charge on any atom is 0.260 e. The molecule has 1 atom stereocenters. The van der Waals surface area contributed by atoms with E-state index < -0.39 is 0 Å². The number of hydrogen-bond acceptors (Lipinski definition) is 6. The van der Waals surface area contributed by atoms with Crippen LogP contribution in [0, 0.1) is 0 Å². The molecule has 3 heterocycles. The quantitative estimate of drug-likeness (QED) is 0.811. The number of para-hydroxylation sites is 1. The average molecular weight is 409 g/mol. The minimum atomic E-state index is -0.0229. The van der Waals surface area contributed by atoms with E-state index in [1.165, 1.54) is 0 Å². The van der Waals surface area contributed by atoms with E-state index in [1.54, 1.807) is 6.92 Å². The van der Waals surface area contributed by atoms with Crippen molar-refractivity contribution in [2.75, 3.05) is 38.6 Å². The molecule has 4 rings (SSSR count). The van der Waals surface area contributed by atoms with Crippen LogP contribution in [0.2, 0.25) is 0 Å². The van der Waals surface area contributed by atoms with Crippen molar-refractivity contribution in [1.82, 2.24) is 19.8 Å². The summed E-state index contributed by atoms with van der Waals surface area (Å²) in [4.78, 5) is 37.5. The van der Waals surface area contributed by atoms with Crippen LogP contribution in [0.15, 0.2) is 30.3 Å². The summed E-state index contributed by atoms with van der Waals surface area (Å²) < 4.78 is 5.60. The minimum absolute atomic E-state index is 0.0229. The van der Waals surface area contributed by atoms with Gasteiger partial charge in [-0.05, 0) is 18.6 Å². The second-order valence-corrected chi connectivity index (χ2v) is 7.72. The van der Waals surface area contributed by atoms with E-state index in [0.717, 1.165) is 35.7 Å². The molecular formula is C22H27N5O3. The van der Waals surface area contributed by atoms with Crippen molar-refractivity contribution in [3.8, 4) is 5.75 Å². The van der Waals surface area contributed by atoms with Gasteiger partial charge in [0, 0.05) is 51.5 Å². The average Bonchev–Trinajstić information content (AvgIpc) is 3.27. The lowest BCUT2D eigenvalue weighted by Gasteiger charge is -2.29. The standard InChI is InChI=1S/C22H27N5O3/c1-15(28)26-11-9-19-18(13-26)22(23-2)25-21(24-19)16-8-10-27(12-16)20(29)14-30-17-6-4-3-5-7-17/h3-7,16H,8-14H2,1-2H3,(H,23,24,25). The first-order chi connectivity index (χ1) is 14.5.